The molecule has 1 aromatic rings. The average molecular weight is 176 g/mol. The molecular formula is C12H16O. The van der Waals surface area contributed by atoms with Crippen LogP contribution < -0.4 is 0 Å². The van der Waals surface area contributed by atoms with Crippen LogP contribution in [0.3, 0.4) is 0 Å². The van der Waals surface area contributed by atoms with Crippen LogP contribution in [0.25, 0.3) is 0 Å². The smallest absolute Gasteiger partial charge is 0.0971 e. The average Bonchev–Trinajstić information content (AvgIpc) is 2.15. The molecule has 0 aliphatic heterocycles. The highest BCUT2D eigenvalue weighted by Crippen LogP contribution is 2.14. The fourth-order valence-electron chi connectivity index (χ4n) is 1.14. The Bertz CT molecular complexity index is 272. The zero-order valence-electron chi connectivity index (χ0n) is 8.20. The van der Waals surface area contributed by atoms with Gasteiger partial charge in [0.1, 0.15) is 0 Å². The SMILES string of the molecule is CCC=C[C@H](O)c1ccc(C)cc1. The van der Waals surface area contributed by atoms with Crippen molar-refractivity contribution in [2.45, 2.75) is 26.4 Å². The van der Waals surface area contributed by atoms with Gasteiger partial charge >= 0.3 is 0 Å². The molecule has 0 bridgehead atoms. The Morgan fingerprint density at radius 3 is 2.46 bits per heavy atom. The van der Waals surface area contributed by atoms with E-state index in [-0.39, 0.29) is 0 Å². The number of aliphatic hydroxyl groups is 1. The number of benzene rings is 1. The van der Waals surface area contributed by atoms with Crippen LogP contribution in [-0.4, -0.2) is 5.11 Å². The van der Waals surface area contributed by atoms with E-state index in [2.05, 4.69) is 6.92 Å². The van der Waals surface area contributed by atoms with E-state index in [0.717, 1.165) is 12.0 Å². The maximum atomic E-state index is 9.66. The summed E-state index contributed by atoms with van der Waals surface area (Å²) in [7, 11) is 0. The molecule has 1 heteroatoms. The predicted octanol–water partition coefficient (Wildman–Crippen LogP) is 2.99. The number of allylic oxidation sites excluding steroid dienone is 1. The third kappa shape index (κ3) is 3.03. The Balaban J connectivity index is 2.71. The van der Waals surface area contributed by atoms with Crippen molar-refractivity contribution in [1.82, 2.24) is 0 Å². The van der Waals surface area contributed by atoms with Crippen LogP contribution in [0.5, 0.6) is 0 Å². The quantitative estimate of drug-likeness (QED) is 0.702. The van der Waals surface area contributed by atoms with Gasteiger partial charge in [-0.15, -0.1) is 0 Å². The molecule has 0 aliphatic carbocycles. The highest BCUT2D eigenvalue weighted by Gasteiger charge is 2.00. The number of aryl methyl sites for hydroxylation is 1. The van der Waals surface area contributed by atoms with Gasteiger partial charge in [0.25, 0.3) is 0 Å². The standard InChI is InChI=1S/C12H16O/c1-3-4-5-12(13)11-8-6-10(2)7-9-11/h4-9,12-13H,3H2,1-2H3/t12-/m0/s1. The zero-order valence-corrected chi connectivity index (χ0v) is 8.20. The predicted molar refractivity (Wildman–Crippen MR) is 55.6 cm³/mol. The van der Waals surface area contributed by atoms with Crippen molar-refractivity contribution in [1.29, 1.82) is 0 Å². The second kappa shape index (κ2) is 4.83. The van der Waals surface area contributed by atoms with Crippen LogP contribution >= 0.6 is 0 Å². The van der Waals surface area contributed by atoms with Crippen LogP contribution in [0.2, 0.25) is 0 Å². The molecule has 0 fully saturated rings. The minimum atomic E-state index is -0.458. The molecule has 0 spiro atoms. The summed E-state index contributed by atoms with van der Waals surface area (Å²) < 4.78 is 0. The van der Waals surface area contributed by atoms with E-state index >= 15 is 0 Å². The van der Waals surface area contributed by atoms with Crippen molar-refractivity contribution in [2.24, 2.45) is 0 Å². The van der Waals surface area contributed by atoms with Crippen LogP contribution in [0.15, 0.2) is 36.4 Å². The Kier molecular flexibility index (Phi) is 3.71. The van der Waals surface area contributed by atoms with Gasteiger partial charge in [-0.1, -0.05) is 48.9 Å². The second-order valence-electron chi connectivity index (χ2n) is 3.19. The van der Waals surface area contributed by atoms with Crippen molar-refractivity contribution in [3.63, 3.8) is 0 Å². The minimum absolute atomic E-state index is 0.458. The lowest BCUT2D eigenvalue weighted by atomic mass is 10.1. The highest BCUT2D eigenvalue weighted by molar-refractivity contribution is 5.25. The summed E-state index contributed by atoms with van der Waals surface area (Å²) in [6.45, 7) is 4.09. The normalized spacial score (nSPS) is 13.5. The van der Waals surface area contributed by atoms with Crippen molar-refractivity contribution >= 4 is 0 Å². The fourth-order valence-corrected chi connectivity index (χ4v) is 1.14. The first-order valence-corrected chi connectivity index (χ1v) is 4.65. The molecule has 1 atom stereocenters. The number of hydrogen-bond acceptors (Lipinski definition) is 1. The maximum Gasteiger partial charge on any atom is 0.0971 e. The molecule has 0 aromatic heterocycles. The van der Waals surface area contributed by atoms with Gasteiger partial charge in [-0.2, -0.15) is 0 Å². The fraction of sp³-hybridized carbons (Fsp3) is 0.333. The van der Waals surface area contributed by atoms with Crippen molar-refractivity contribution in [3.8, 4) is 0 Å². The van der Waals surface area contributed by atoms with Crippen molar-refractivity contribution in [2.75, 3.05) is 0 Å². The van der Waals surface area contributed by atoms with E-state index in [9.17, 15) is 5.11 Å². The second-order valence-corrected chi connectivity index (χ2v) is 3.19. The first-order chi connectivity index (χ1) is 6.24. The number of hydrogen-bond donors (Lipinski definition) is 1. The maximum absolute atomic E-state index is 9.66. The molecule has 70 valence electrons. The van der Waals surface area contributed by atoms with Gasteiger partial charge < -0.3 is 5.11 Å². The van der Waals surface area contributed by atoms with Crippen molar-refractivity contribution in [3.05, 3.63) is 47.5 Å². The summed E-state index contributed by atoms with van der Waals surface area (Å²) >= 11 is 0. The Hall–Kier alpha value is -1.08. The molecule has 0 saturated carbocycles. The lowest BCUT2D eigenvalue weighted by molar-refractivity contribution is 0.228. The summed E-state index contributed by atoms with van der Waals surface area (Å²) in [5.74, 6) is 0. The van der Waals surface area contributed by atoms with E-state index in [1.807, 2.05) is 43.3 Å². The topological polar surface area (TPSA) is 20.2 Å². The summed E-state index contributed by atoms with van der Waals surface area (Å²) in [6.07, 6.45) is 4.30. The summed E-state index contributed by atoms with van der Waals surface area (Å²) in [4.78, 5) is 0. The van der Waals surface area contributed by atoms with Crippen molar-refractivity contribution < 1.29 is 5.11 Å². The minimum Gasteiger partial charge on any atom is -0.384 e. The van der Waals surface area contributed by atoms with Gasteiger partial charge in [0.15, 0.2) is 0 Å². The molecule has 13 heavy (non-hydrogen) atoms. The van der Waals surface area contributed by atoms with E-state index in [0.29, 0.717) is 0 Å². The van der Waals surface area contributed by atoms with Gasteiger partial charge in [-0.05, 0) is 18.9 Å². The van der Waals surface area contributed by atoms with Crippen LogP contribution in [0.1, 0.15) is 30.6 Å². The van der Waals surface area contributed by atoms with E-state index < -0.39 is 6.10 Å². The van der Waals surface area contributed by atoms with Crippen LogP contribution in [-0.2, 0) is 0 Å². The number of rotatable bonds is 3. The Morgan fingerprint density at radius 1 is 1.31 bits per heavy atom. The lowest BCUT2D eigenvalue weighted by Crippen LogP contribution is -1.92. The molecular weight excluding hydrogens is 160 g/mol. The van der Waals surface area contributed by atoms with E-state index in [1.165, 1.54) is 5.56 Å². The van der Waals surface area contributed by atoms with Gasteiger partial charge in [0.2, 0.25) is 0 Å². The lowest BCUT2D eigenvalue weighted by Gasteiger charge is -2.05. The molecule has 0 amide bonds. The van der Waals surface area contributed by atoms with Gasteiger partial charge in [0.05, 0.1) is 6.10 Å². The largest absolute Gasteiger partial charge is 0.384 e. The van der Waals surface area contributed by atoms with Gasteiger partial charge in [-0.3, -0.25) is 0 Å². The van der Waals surface area contributed by atoms with E-state index in [4.69, 9.17) is 0 Å². The summed E-state index contributed by atoms with van der Waals surface area (Å²) in [5, 5.41) is 9.66. The van der Waals surface area contributed by atoms with E-state index in [1.54, 1.807) is 0 Å². The molecule has 1 aromatic carbocycles. The monoisotopic (exact) mass is 176 g/mol. The molecule has 0 saturated heterocycles. The van der Waals surface area contributed by atoms with Gasteiger partial charge in [0, 0.05) is 0 Å². The first kappa shape index (κ1) is 10.0. The van der Waals surface area contributed by atoms with Gasteiger partial charge in [-0.25, -0.2) is 0 Å². The first-order valence-electron chi connectivity index (χ1n) is 4.65. The molecule has 0 heterocycles. The molecule has 1 nitrogen and oxygen atoms in total. The molecule has 1 rings (SSSR count). The third-order valence-corrected chi connectivity index (χ3v) is 1.97. The molecule has 0 unspecified atom stereocenters. The molecule has 0 aliphatic rings. The summed E-state index contributed by atoms with van der Waals surface area (Å²) in [5.41, 5.74) is 2.17. The number of aliphatic hydroxyl groups excluding tert-OH is 1. The molecule has 1 N–H and O–H groups in total. The summed E-state index contributed by atoms with van der Waals surface area (Å²) in [6, 6.07) is 7.94. The highest BCUT2D eigenvalue weighted by atomic mass is 16.3. The van der Waals surface area contributed by atoms with Crippen LogP contribution in [0, 0.1) is 6.92 Å². The third-order valence-electron chi connectivity index (χ3n) is 1.97. The Morgan fingerprint density at radius 2 is 1.92 bits per heavy atom. The van der Waals surface area contributed by atoms with Crippen LogP contribution in [0.4, 0.5) is 0 Å². The molecule has 0 radical (unpaired) electrons. The Labute approximate surface area is 79.7 Å². The zero-order chi connectivity index (χ0) is 9.68.